The van der Waals surface area contributed by atoms with Crippen LogP contribution < -0.4 is 15.8 Å². The van der Waals surface area contributed by atoms with Crippen LogP contribution in [0.3, 0.4) is 0 Å². The van der Waals surface area contributed by atoms with E-state index >= 15 is 0 Å². The number of benzene rings is 2. The fourth-order valence-corrected chi connectivity index (χ4v) is 2.78. The normalized spacial score (nSPS) is 11.3. The average molecular weight is 441 g/mol. The van der Waals surface area contributed by atoms with Gasteiger partial charge in [0.05, 0.1) is 0 Å². The molecule has 0 aliphatic carbocycles. The number of hydrogen-bond donors (Lipinski definition) is 2. The largest absolute Gasteiger partial charge is 0.489 e. The number of esters is 1. The first-order chi connectivity index (χ1) is 15.5. The third-order valence-electron chi connectivity index (χ3n) is 4.68. The van der Waals surface area contributed by atoms with Gasteiger partial charge < -0.3 is 25.3 Å². The maximum atomic E-state index is 12.1. The first kappa shape index (κ1) is 24.9. The van der Waals surface area contributed by atoms with Crippen molar-refractivity contribution in [1.29, 1.82) is 0 Å². The predicted octanol–water partition coefficient (Wildman–Crippen LogP) is 4.03. The van der Waals surface area contributed by atoms with Gasteiger partial charge in [0.1, 0.15) is 31.6 Å². The quantitative estimate of drug-likeness (QED) is 0.277. The Labute approximate surface area is 189 Å². The Balaban J connectivity index is 1.61. The molecule has 2 aromatic rings. The molecule has 0 bridgehead atoms. The van der Waals surface area contributed by atoms with Crippen molar-refractivity contribution in [3.8, 4) is 5.75 Å². The van der Waals surface area contributed by atoms with Gasteiger partial charge in [-0.2, -0.15) is 0 Å². The van der Waals surface area contributed by atoms with Gasteiger partial charge in [-0.05, 0) is 49.4 Å². The van der Waals surface area contributed by atoms with Crippen molar-refractivity contribution in [3.05, 3.63) is 77.9 Å². The molecule has 0 aliphatic heterocycles. The number of amides is 1. The van der Waals surface area contributed by atoms with Crippen molar-refractivity contribution in [2.75, 3.05) is 13.2 Å². The molecule has 0 radical (unpaired) electrons. The smallest absolute Gasteiger partial charge is 0.407 e. The second kappa shape index (κ2) is 13.9. The van der Waals surface area contributed by atoms with E-state index in [0.717, 1.165) is 16.9 Å². The summed E-state index contributed by atoms with van der Waals surface area (Å²) in [7, 11) is 0. The van der Waals surface area contributed by atoms with Crippen LogP contribution in [-0.4, -0.2) is 31.3 Å². The molecule has 0 aliphatic rings. The Morgan fingerprint density at radius 2 is 1.66 bits per heavy atom. The average Bonchev–Trinajstić information content (AvgIpc) is 2.81. The number of carbonyl (C=O) groups is 2. The zero-order valence-corrected chi connectivity index (χ0v) is 18.5. The van der Waals surface area contributed by atoms with Gasteiger partial charge in [0.15, 0.2) is 0 Å². The summed E-state index contributed by atoms with van der Waals surface area (Å²) >= 11 is 0. The van der Waals surface area contributed by atoms with Crippen molar-refractivity contribution in [2.24, 2.45) is 5.73 Å². The zero-order chi connectivity index (χ0) is 23.2. The molecule has 172 valence electrons. The molecule has 0 heterocycles. The minimum Gasteiger partial charge on any atom is -0.489 e. The van der Waals surface area contributed by atoms with Gasteiger partial charge in [0.2, 0.25) is 0 Å². The summed E-state index contributed by atoms with van der Waals surface area (Å²) in [5.41, 5.74) is 9.07. The summed E-state index contributed by atoms with van der Waals surface area (Å²) in [6.07, 6.45) is 2.87. The summed E-state index contributed by atoms with van der Waals surface area (Å²) in [4.78, 5) is 23.4. The molecule has 1 amide bonds. The van der Waals surface area contributed by atoms with E-state index in [2.05, 4.69) is 24.0 Å². The van der Waals surface area contributed by atoms with Gasteiger partial charge in [0.25, 0.3) is 0 Å². The number of nitrogens with two attached hydrogens (primary N) is 1. The fraction of sp³-hybridized carbons (Fsp3) is 0.360. The number of aryl methyl sites for hydroxylation is 1. The summed E-state index contributed by atoms with van der Waals surface area (Å²) in [5, 5.41) is 2.62. The number of hydrogen-bond acceptors (Lipinski definition) is 6. The van der Waals surface area contributed by atoms with E-state index in [1.54, 1.807) is 0 Å². The van der Waals surface area contributed by atoms with Crippen LogP contribution in [0.2, 0.25) is 0 Å². The molecular formula is C25H32N2O5. The Morgan fingerprint density at radius 3 is 2.34 bits per heavy atom. The third kappa shape index (κ3) is 9.66. The molecule has 1 atom stereocenters. The molecule has 7 nitrogen and oxygen atoms in total. The van der Waals surface area contributed by atoms with Crippen molar-refractivity contribution < 1.29 is 23.8 Å². The Morgan fingerprint density at radius 1 is 1.00 bits per heavy atom. The SMILES string of the molecule is C=CCOC(=O)NCCCCC(N)C(=O)OCc1ccc(OCc2ccc(C)cc2)cc1. The molecule has 3 N–H and O–H groups in total. The number of carbonyl (C=O) groups excluding carboxylic acids is 2. The van der Waals surface area contributed by atoms with E-state index in [4.69, 9.17) is 19.9 Å². The highest BCUT2D eigenvalue weighted by molar-refractivity contribution is 5.75. The molecule has 2 rings (SSSR count). The van der Waals surface area contributed by atoms with Gasteiger partial charge in [-0.15, -0.1) is 0 Å². The van der Waals surface area contributed by atoms with Crippen LogP contribution in [-0.2, 0) is 27.5 Å². The molecule has 2 aromatic carbocycles. The molecule has 32 heavy (non-hydrogen) atoms. The van der Waals surface area contributed by atoms with E-state index < -0.39 is 18.1 Å². The zero-order valence-electron chi connectivity index (χ0n) is 18.5. The fourth-order valence-electron chi connectivity index (χ4n) is 2.78. The van der Waals surface area contributed by atoms with Crippen molar-refractivity contribution in [2.45, 2.75) is 45.4 Å². The second-order valence-corrected chi connectivity index (χ2v) is 7.44. The number of unbranched alkanes of at least 4 members (excludes halogenated alkanes) is 1. The molecule has 0 saturated carbocycles. The molecule has 0 spiro atoms. The highest BCUT2D eigenvalue weighted by Gasteiger charge is 2.14. The summed E-state index contributed by atoms with van der Waals surface area (Å²) < 4.78 is 15.9. The van der Waals surface area contributed by atoms with E-state index in [1.165, 1.54) is 11.6 Å². The topological polar surface area (TPSA) is 99.9 Å². The molecule has 0 fully saturated rings. The molecule has 0 saturated heterocycles. The van der Waals surface area contributed by atoms with Gasteiger partial charge in [-0.25, -0.2) is 4.79 Å². The maximum absolute atomic E-state index is 12.1. The van der Waals surface area contributed by atoms with Gasteiger partial charge in [-0.1, -0.05) is 54.6 Å². The van der Waals surface area contributed by atoms with Crippen LogP contribution in [0.25, 0.3) is 0 Å². The lowest BCUT2D eigenvalue weighted by atomic mass is 10.1. The Kier molecular flexibility index (Phi) is 10.8. The maximum Gasteiger partial charge on any atom is 0.407 e. The van der Waals surface area contributed by atoms with Gasteiger partial charge in [0, 0.05) is 6.54 Å². The standard InChI is InChI=1S/C25H32N2O5/c1-3-16-30-25(29)27-15-5-4-6-23(26)24(28)32-18-21-11-13-22(14-12-21)31-17-20-9-7-19(2)8-10-20/h3,7-14,23H,1,4-6,15-18,26H2,2H3,(H,27,29). The molecule has 7 heteroatoms. The molecule has 1 unspecified atom stereocenters. The van der Waals surface area contributed by atoms with E-state index in [9.17, 15) is 9.59 Å². The number of rotatable bonds is 13. The van der Waals surface area contributed by atoms with E-state index in [-0.39, 0.29) is 13.2 Å². The number of alkyl carbamates (subject to hydrolysis) is 1. The Bertz CT molecular complexity index is 850. The number of nitrogens with one attached hydrogen (secondary N) is 1. The van der Waals surface area contributed by atoms with Crippen molar-refractivity contribution in [3.63, 3.8) is 0 Å². The van der Waals surface area contributed by atoms with Gasteiger partial charge >= 0.3 is 12.1 Å². The lowest BCUT2D eigenvalue weighted by molar-refractivity contribution is -0.146. The van der Waals surface area contributed by atoms with Crippen LogP contribution in [0, 0.1) is 6.92 Å². The van der Waals surface area contributed by atoms with Crippen LogP contribution in [0.4, 0.5) is 4.79 Å². The number of ether oxygens (including phenoxy) is 3. The van der Waals surface area contributed by atoms with Crippen LogP contribution in [0.5, 0.6) is 5.75 Å². The Hall–Kier alpha value is -3.32. The summed E-state index contributed by atoms with van der Waals surface area (Å²) in [6.45, 7) is 6.79. The van der Waals surface area contributed by atoms with E-state index in [0.29, 0.717) is 32.4 Å². The highest BCUT2D eigenvalue weighted by Crippen LogP contribution is 2.15. The molecule has 0 aromatic heterocycles. The van der Waals surface area contributed by atoms with Crippen LogP contribution >= 0.6 is 0 Å². The summed E-state index contributed by atoms with van der Waals surface area (Å²) in [5.74, 6) is 0.308. The molecular weight excluding hydrogens is 408 g/mol. The summed E-state index contributed by atoms with van der Waals surface area (Å²) in [6, 6.07) is 14.9. The lowest BCUT2D eigenvalue weighted by Gasteiger charge is -2.12. The predicted molar refractivity (Wildman–Crippen MR) is 123 cm³/mol. The minimum atomic E-state index is -0.695. The van der Waals surface area contributed by atoms with Crippen molar-refractivity contribution in [1.82, 2.24) is 5.32 Å². The minimum absolute atomic E-state index is 0.154. The third-order valence-corrected chi connectivity index (χ3v) is 4.68. The monoisotopic (exact) mass is 440 g/mol. The highest BCUT2D eigenvalue weighted by atomic mass is 16.5. The first-order valence-corrected chi connectivity index (χ1v) is 10.7. The van der Waals surface area contributed by atoms with Gasteiger partial charge in [-0.3, -0.25) is 4.79 Å². The van der Waals surface area contributed by atoms with Crippen LogP contribution in [0.1, 0.15) is 36.0 Å². The lowest BCUT2D eigenvalue weighted by Crippen LogP contribution is -2.32. The first-order valence-electron chi connectivity index (χ1n) is 10.7. The second-order valence-electron chi connectivity index (χ2n) is 7.44. The van der Waals surface area contributed by atoms with Crippen molar-refractivity contribution >= 4 is 12.1 Å². The van der Waals surface area contributed by atoms with E-state index in [1.807, 2.05) is 43.3 Å². The van der Waals surface area contributed by atoms with Crippen LogP contribution in [0.15, 0.2) is 61.2 Å².